The Kier molecular flexibility index (Phi) is 3.99. The summed E-state index contributed by atoms with van der Waals surface area (Å²) in [6.45, 7) is 4.78. The summed E-state index contributed by atoms with van der Waals surface area (Å²) in [4.78, 5) is 4.12. The third-order valence-corrected chi connectivity index (χ3v) is 3.51. The minimum Gasteiger partial charge on any atom is -0.306 e. The Morgan fingerprint density at radius 2 is 2.28 bits per heavy atom. The fraction of sp³-hybridized carbons (Fsp3) is 0.385. The van der Waals surface area contributed by atoms with Gasteiger partial charge in [0.25, 0.3) is 0 Å². The summed E-state index contributed by atoms with van der Waals surface area (Å²) in [5.41, 5.74) is 3.18. The van der Waals surface area contributed by atoms with E-state index in [9.17, 15) is 0 Å². The molecule has 0 saturated heterocycles. The predicted octanol–water partition coefficient (Wildman–Crippen LogP) is 2.63. The van der Waals surface area contributed by atoms with Crippen molar-refractivity contribution in [1.29, 1.82) is 0 Å². The van der Waals surface area contributed by atoms with Gasteiger partial charge in [-0.15, -0.1) is 0 Å². The van der Waals surface area contributed by atoms with Gasteiger partial charge in [0, 0.05) is 37.6 Å². The molecule has 1 N–H and O–H groups in total. The van der Waals surface area contributed by atoms with Gasteiger partial charge >= 0.3 is 0 Å². The fourth-order valence-corrected chi connectivity index (χ4v) is 2.12. The predicted molar refractivity (Wildman–Crippen MR) is 72.4 cm³/mol. The zero-order valence-electron chi connectivity index (χ0n) is 10.8. The van der Waals surface area contributed by atoms with Crippen molar-refractivity contribution >= 4 is 11.6 Å². The van der Waals surface area contributed by atoms with Crippen LogP contribution in [0, 0.1) is 6.92 Å². The highest BCUT2D eigenvalue weighted by Crippen LogP contribution is 2.19. The van der Waals surface area contributed by atoms with Crippen molar-refractivity contribution in [3.8, 4) is 0 Å². The molecule has 0 aromatic carbocycles. The summed E-state index contributed by atoms with van der Waals surface area (Å²) in [5, 5.41) is 8.42. The normalized spacial score (nSPS) is 12.7. The first-order valence-electron chi connectivity index (χ1n) is 5.91. The van der Waals surface area contributed by atoms with Crippen molar-refractivity contribution in [2.24, 2.45) is 7.05 Å². The Labute approximate surface area is 112 Å². The van der Waals surface area contributed by atoms with Crippen LogP contribution >= 0.6 is 11.6 Å². The van der Waals surface area contributed by atoms with Crippen LogP contribution in [0.5, 0.6) is 0 Å². The summed E-state index contributed by atoms with van der Waals surface area (Å²) < 4.78 is 1.70. The maximum Gasteiger partial charge on any atom is 0.131 e. The molecule has 2 aromatic rings. The first-order valence-corrected chi connectivity index (χ1v) is 6.28. The van der Waals surface area contributed by atoms with Crippen LogP contribution in [0.3, 0.4) is 0 Å². The van der Waals surface area contributed by atoms with Gasteiger partial charge in [-0.1, -0.05) is 17.7 Å². The largest absolute Gasteiger partial charge is 0.306 e. The number of nitrogens with zero attached hydrogens (tertiary/aromatic N) is 3. The molecule has 2 aromatic heterocycles. The second kappa shape index (κ2) is 5.50. The SMILES string of the molecule is Cc1nn(C)c(Cl)c1CN[C@@H](C)c1cccnc1. The maximum atomic E-state index is 6.19. The summed E-state index contributed by atoms with van der Waals surface area (Å²) in [7, 11) is 1.85. The van der Waals surface area contributed by atoms with Gasteiger partial charge in [0.2, 0.25) is 0 Å². The zero-order valence-corrected chi connectivity index (χ0v) is 11.6. The monoisotopic (exact) mass is 264 g/mol. The molecule has 0 radical (unpaired) electrons. The molecule has 2 rings (SSSR count). The van der Waals surface area contributed by atoms with Crippen molar-refractivity contribution in [2.75, 3.05) is 0 Å². The lowest BCUT2D eigenvalue weighted by Gasteiger charge is -2.13. The van der Waals surface area contributed by atoms with E-state index in [4.69, 9.17) is 11.6 Å². The van der Waals surface area contributed by atoms with Crippen LogP contribution in [0.4, 0.5) is 0 Å². The third kappa shape index (κ3) is 2.71. The minimum atomic E-state index is 0.231. The lowest BCUT2D eigenvalue weighted by Crippen LogP contribution is -2.18. The van der Waals surface area contributed by atoms with E-state index in [1.165, 1.54) is 0 Å². The van der Waals surface area contributed by atoms with E-state index < -0.39 is 0 Å². The maximum absolute atomic E-state index is 6.19. The van der Waals surface area contributed by atoms with E-state index in [0.29, 0.717) is 11.7 Å². The highest BCUT2D eigenvalue weighted by atomic mass is 35.5. The van der Waals surface area contributed by atoms with Crippen molar-refractivity contribution < 1.29 is 0 Å². The molecule has 0 amide bonds. The third-order valence-electron chi connectivity index (χ3n) is 3.04. The number of hydrogen-bond acceptors (Lipinski definition) is 3. The molecular weight excluding hydrogens is 248 g/mol. The second-order valence-corrected chi connectivity index (χ2v) is 4.73. The minimum absolute atomic E-state index is 0.231. The van der Waals surface area contributed by atoms with Crippen molar-refractivity contribution in [3.63, 3.8) is 0 Å². The van der Waals surface area contributed by atoms with E-state index in [1.54, 1.807) is 10.9 Å². The van der Waals surface area contributed by atoms with Crippen LogP contribution in [-0.4, -0.2) is 14.8 Å². The van der Waals surface area contributed by atoms with Crippen LogP contribution in [0.2, 0.25) is 5.15 Å². The van der Waals surface area contributed by atoms with Crippen molar-refractivity contribution in [2.45, 2.75) is 26.4 Å². The lowest BCUT2D eigenvalue weighted by atomic mass is 10.1. The zero-order chi connectivity index (χ0) is 13.1. The van der Waals surface area contributed by atoms with E-state index >= 15 is 0 Å². The van der Waals surface area contributed by atoms with Crippen molar-refractivity contribution in [1.82, 2.24) is 20.1 Å². The van der Waals surface area contributed by atoms with Crippen LogP contribution in [0.15, 0.2) is 24.5 Å². The molecule has 0 aliphatic heterocycles. The van der Waals surface area contributed by atoms with Gasteiger partial charge in [-0.25, -0.2) is 0 Å². The fourth-order valence-electron chi connectivity index (χ4n) is 1.88. The molecule has 96 valence electrons. The Morgan fingerprint density at radius 3 is 2.83 bits per heavy atom. The van der Waals surface area contributed by atoms with Gasteiger partial charge in [0.15, 0.2) is 0 Å². The number of aromatic nitrogens is 3. The number of pyridine rings is 1. The highest BCUT2D eigenvalue weighted by molar-refractivity contribution is 6.30. The van der Waals surface area contributed by atoms with Gasteiger partial charge < -0.3 is 5.32 Å². The van der Waals surface area contributed by atoms with Crippen LogP contribution < -0.4 is 5.32 Å². The Bertz CT molecular complexity index is 521. The molecule has 0 bridgehead atoms. The number of aryl methyl sites for hydroxylation is 2. The van der Waals surface area contributed by atoms with Crippen LogP contribution in [0.1, 0.15) is 29.8 Å². The van der Waals surface area contributed by atoms with Gasteiger partial charge in [0.05, 0.1) is 5.69 Å². The topological polar surface area (TPSA) is 42.7 Å². The average Bonchev–Trinajstić information content (AvgIpc) is 2.62. The Morgan fingerprint density at radius 1 is 1.50 bits per heavy atom. The lowest BCUT2D eigenvalue weighted by molar-refractivity contribution is 0.572. The van der Waals surface area contributed by atoms with E-state index in [0.717, 1.165) is 16.8 Å². The van der Waals surface area contributed by atoms with Gasteiger partial charge in [0.1, 0.15) is 5.15 Å². The van der Waals surface area contributed by atoms with Gasteiger partial charge in [-0.05, 0) is 25.5 Å². The van der Waals surface area contributed by atoms with E-state index in [2.05, 4.69) is 28.4 Å². The highest BCUT2D eigenvalue weighted by Gasteiger charge is 2.12. The number of halogens is 1. The van der Waals surface area contributed by atoms with Gasteiger partial charge in [-0.2, -0.15) is 5.10 Å². The molecule has 0 spiro atoms. The summed E-state index contributed by atoms with van der Waals surface area (Å²) in [6, 6.07) is 4.23. The van der Waals surface area contributed by atoms with Crippen LogP contribution in [0.25, 0.3) is 0 Å². The molecular formula is C13H17ClN4. The molecule has 5 heteroatoms. The van der Waals surface area contributed by atoms with E-state index in [1.807, 2.05) is 26.2 Å². The molecule has 4 nitrogen and oxygen atoms in total. The number of hydrogen-bond donors (Lipinski definition) is 1. The Balaban J connectivity index is 2.04. The molecule has 0 aliphatic carbocycles. The standard InChI is InChI=1S/C13H17ClN4/c1-9(11-5-4-6-15-7-11)16-8-12-10(2)17-18(3)13(12)14/h4-7,9,16H,8H2,1-3H3/t9-/m0/s1. The van der Waals surface area contributed by atoms with Crippen LogP contribution in [-0.2, 0) is 13.6 Å². The number of rotatable bonds is 4. The molecule has 0 unspecified atom stereocenters. The molecule has 18 heavy (non-hydrogen) atoms. The first-order chi connectivity index (χ1) is 8.59. The molecule has 0 aliphatic rings. The molecule has 0 fully saturated rings. The average molecular weight is 265 g/mol. The summed E-state index contributed by atoms with van der Waals surface area (Å²) in [5.74, 6) is 0. The number of nitrogens with one attached hydrogen (secondary N) is 1. The molecule has 2 heterocycles. The molecule has 1 atom stereocenters. The summed E-state index contributed by atoms with van der Waals surface area (Å²) >= 11 is 6.19. The first kappa shape index (κ1) is 13.1. The molecule has 0 saturated carbocycles. The smallest absolute Gasteiger partial charge is 0.131 e. The van der Waals surface area contributed by atoms with E-state index in [-0.39, 0.29) is 6.04 Å². The quantitative estimate of drug-likeness (QED) is 0.923. The van der Waals surface area contributed by atoms with Crippen molar-refractivity contribution in [3.05, 3.63) is 46.5 Å². The van der Waals surface area contributed by atoms with Gasteiger partial charge in [-0.3, -0.25) is 9.67 Å². The summed E-state index contributed by atoms with van der Waals surface area (Å²) in [6.07, 6.45) is 3.65. The second-order valence-electron chi connectivity index (χ2n) is 4.37. The Hall–Kier alpha value is -1.39.